The smallest absolute Gasteiger partial charge is 0.416 e. The van der Waals surface area contributed by atoms with Crippen LogP contribution in [0.2, 0.25) is 10.0 Å². The first kappa shape index (κ1) is 28.2. The average molecular weight is 595 g/mol. The van der Waals surface area contributed by atoms with Gasteiger partial charge in [-0.3, -0.25) is 4.79 Å². The van der Waals surface area contributed by atoms with Gasteiger partial charge in [-0.2, -0.15) is 13.2 Å². The fraction of sp³-hybridized carbons (Fsp3) is 0.321. The van der Waals surface area contributed by atoms with E-state index in [1.807, 2.05) is 13.8 Å². The van der Waals surface area contributed by atoms with E-state index in [1.54, 1.807) is 31.4 Å². The molecular formula is C28H27Cl2F3N4O3. The number of hydrogen-bond acceptors (Lipinski definition) is 6. The molecule has 0 radical (unpaired) electrons. The average Bonchev–Trinajstić information content (AvgIpc) is 3.39. The van der Waals surface area contributed by atoms with Crippen LogP contribution < -0.4 is 25.6 Å². The standard InChI is InChI=1S/C28H27Cl2F3N4O3/c1-27(2)14-18-23-21(35-26(37(23)11-12-39-3)36-22-19(29)5-4-6-20(22)30)13-17(24(18)40-27)25(38)34-16-9-7-15(8-10-16)28(31,32)33/h4-10,13,26,35-36H,11-12,14H2,1-3H3,(H,34,38). The molecule has 0 bridgehead atoms. The Balaban J connectivity index is 1.51. The number of para-hydroxylation sites is 1. The van der Waals surface area contributed by atoms with Gasteiger partial charge in [0.2, 0.25) is 0 Å². The molecule has 0 saturated carbocycles. The van der Waals surface area contributed by atoms with E-state index < -0.39 is 29.5 Å². The maximum Gasteiger partial charge on any atom is 0.416 e. The first-order valence-corrected chi connectivity index (χ1v) is 13.2. The molecule has 2 heterocycles. The molecule has 12 heteroatoms. The Morgan fingerprint density at radius 1 is 1.18 bits per heavy atom. The van der Waals surface area contributed by atoms with Gasteiger partial charge in [0.1, 0.15) is 11.4 Å². The van der Waals surface area contributed by atoms with E-state index in [1.165, 1.54) is 12.1 Å². The zero-order chi connectivity index (χ0) is 28.8. The van der Waals surface area contributed by atoms with Gasteiger partial charge >= 0.3 is 6.18 Å². The number of carbonyl (C=O) groups excluding carboxylic acids is 1. The molecule has 3 N–H and O–H groups in total. The summed E-state index contributed by atoms with van der Waals surface area (Å²) in [4.78, 5) is 15.5. The van der Waals surface area contributed by atoms with E-state index in [4.69, 9.17) is 32.7 Å². The number of ether oxygens (including phenoxy) is 2. The number of alkyl halides is 3. The number of nitrogens with zero attached hydrogens (tertiary/aromatic N) is 1. The van der Waals surface area contributed by atoms with Crippen molar-refractivity contribution in [2.75, 3.05) is 41.1 Å². The van der Waals surface area contributed by atoms with Gasteiger partial charge in [-0.25, -0.2) is 0 Å². The minimum atomic E-state index is -4.47. The normalized spacial score (nSPS) is 17.1. The van der Waals surface area contributed by atoms with Crippen molar-refractivity contribution in [1.82, 2.24) is 0 Å². The molecule has 0 spiro atoms. The molecule has 5 rings (SSSR count). The zero-order valence-corrected chi connectivity index (χ0v) is 23.4. The molecule has 0 aliphatic carbocycles. The minimum absolute atomic E-state index is 0.229. The number of rotatable bonds is 7. The van der Waals surface area contributed by atoms with E-state index in [2.05, 4.69) is 20.9 Å². The Morgan fingerprint density at radius 2 is 1.85 bits per heavy atom. The van der Waals surface area contributed by atoms with Crippen LogP contribution in [0.3, 0.4) is 0 Å². The molecule has 0 aromatic heterocycles. The van der Waals surface area contributed by atoms with E-state index in [0.29, 0.717) is 46.7 Å². The van der Waals surface area contributed by atoms with Gasteiger partial charge in [-0.05, 0) is 56.3 Å². The van der Waals surface area contributed by atoms with Crippen molar-refractivity contribution >= 4 is 51.9 Å². The number of carbonyl (C=O) groups is 1. The lowest BCUT2D eigenvalue weighted by Gasteiger charge is -2.29. The van der Waals surface area contributed by atoms with Crippen molar-refractivity contribution in [3.63, 3.8) is 0 Å². The van der Waals surface area contributed by atoms with Crippen LogP contribution in [0.1, 0.15) is 35.3 Å². The van der Waals surface area contributed by atoms with E-state index in [9.17, 15) is 18.0 Å². The van der Waals surface area contributed by atoms with Crippen LogP contribution in [0.15, 0.2) is 48.5 Å². The summed E-state index contributed by atoms with van der Waals surface area (Å²) < 4.78 is 50.6. The molecule has 1 atom stereocenters. The Kier molecular flexibility index (Phi) is 7.45. The summed E-state index contributed by atoms with van der Waals surface area (Å²) in [6, 6.07) is 11.2. The van der Waals surface area contributed by atoms with Gasteiger partial charge in [0, 0.05) is 31.3 Å². The summed E-state index contributed by atoms with van der Waals surface area (Å²) in [5, 5.41) is 10.4. The fourth-order valence-electron chi connectivity index (χ4n) is 4.95. The van der Waals surface area contributed by atoms with Crippen LogP contribution in [0, 0.1) is 0 Å². The lowest BCUT2D eigenvalue weighted by atomic mass is 9.97. The van der Waals surface area contributed by atoms with Gasteiger partial charge < -0.3 is 30.3 Å². The van der Waals surface area contributed by atoms with Crippen molar-refractivity contribution in [1.29, 1.82) is 0 Å². The predicted octanol–water partition coefficient (Wildman–Crippen LogP) is 7.25. The molecule has 2 aliphatic heterocycles. The van der Waals surface area contributed by atoms with Gasteiger partial charge in [0.15, 0.2) is 6.29 Å². The van der Waals surface area contributed by atoms with E-state index >= 15 is 0 Å². The quantitative estimate of drug-likeness (QED) is 0.267. The summed E-state index contributed by atoms with van der Waals surface area (Å²) in [5.74, 6) is -0.0823. The van der Waals surface area contributed by atoms with Crippen LogP contribution in [0.25, 0.3) is 0 Å². The molecule has 1 amide bonds. The van der Waals surface area contributed by atoms with Crippen LogP contribution in [-0.4, -0.2) is 38.1 Å². The number of anilines is 4. The molecule has 0 saturated heterocycles. The monoisotopic (exact) mass is 594 g/mol. The highest BCUT2D eigenvalue weighted by molar-refractivity contribution is 6.39. The Morgan fingerprint density at radius 3 is 2.48 bits per heavy atom. The molecule has 1 unspecified atom stereocenters. The van der Waals surface area contributed by atoms with Crippen molar-refractivity contribution < 1.29 is 27.4 Å². The van der Waals surface area contributed by atoms with Crippen LogP contribution in [0.5, 0.6) is 5.75 Å². The summed E-state index contributed by atoms with van der Waals surface area (Å²) in [7, 11) is 1.61. The molecule has 212 valence electrons. The maximum atomic E-state index is 13.5. The van der Waals surface area contributed by atoms with Crippen molar-refractivity contribution in [3.05, 3.63) is 75.3 Å². The summed E-state index contributed by atoms with van der Waals surface area (Å²) in [5.41, 5.74) is 2.00. The summed E-state index contributed by atoms with van der Waals surface area (Å²) in [6.45, 7) is 4.78. The third-order valence-corrected chi connectivity index (χ3v) is 7.35. The van der Waals surface area contributed by atoms with E-state index in [0.717, 1.165) is 23.4 Å². The minimum Gasteiger partial charge on any atom is -0.486 e. The Bertz CT molecular complexity index is 1430. The largest absolute Gasteiger partial charge is 0.486 e. The highest BCUT2D eigenvalue weighted by Gasteiger charge is 2.42. The van der Waals surface area contributed by atoms with Gasteiger partial charge in [0.05, 0.1) is 44.8 Å². The molecule has 7 nitrogen and oxygen atoms in total. The Labute approximate surface area is 239 Å². The molecule has 3 aromatic carbocycles. The van der Waals surface area contributed by atoms with Crippen molar-refractivity contribution in [2.45, 2.75) is 38.3 Å². The first-order valence-electron chi connectivity index (χ1n) is 12.5. The van der Waals surface area contributed by atoms with Crippen LogP contribution in [0.4, 0.5) is 35.9 Å². The molecule has 2 aliphatic rings. The molecule has 0 fully saturated rings. The maximum absolute atomic E-state index is 13.5. The number of benzene rings is 3. The lowest BCUT2D eigenvalue weighted by molar-refractivity contribution is -0.137. The number of methoxy groups -OCH3 is 1. The topological polar surface area (TPSA) is 74.9 Å². The zero-order valence-electron chi connectivity index (χ0n) is 21.9. The third-order valence-electron chi connectivity index (χ3n) is 6.72. The highest BCUT2D eigenvalue weighted by atomic mass is 35.5. The first-order chi connectivity index (χ1) is 18.9. The number of hydrogen-bond donors (Lipinski definition) is 3. The molecule has 40 heavy (non-hydrogen) atoms. The summed E-state index contributed by atoms with van der Waals surface area (Å²) >= 11 is 12.9. The molecule has 3 aromatic rings. The number of fused-ring (bicyclic) bond motifs is 3. The van der Waals surface area contributed by atoms with Crippen LogP contribution in [-0.2, 0) is 17.3 Å². The number of amides is 1. The van der Waals surface area contributed by atoms with Gasteiger partial charge in [-0.1, -0.05) is 29.3 Å². The van der Waals surface area contributed by atoms with E-state index in [-0.39, 0.29) is 11.3 Å². The second-order valence-corrected chi connectivity index (χ2v) is 11.0. The number of nitrogens with one attached hydrogen (secondary N) is 3. The second-order valence-electron chi connectivity index (χ2n) is 10.2. The van der Waals surface area contributed by atoms with Crippen LogP contribution >= 0.6 is 23.2 Å². The highest BCUT2D eigenvalue weighted by Crippen LogP contribution is 2.50. The van der Waals surface area contributed by atoms with Crippen molar-refractivity contribution in [3.8, 4) is 5.75 Å². The fourth-order valence-corrected chi connectivity index (χ4v) is 5.46. The lowest BCUT2D eigenvalue weighted by Crippen LogP contribution is -2.44. The van der Waals surface area contributed by atoms with Crippen molar-refractivity contribution in [2.24, 2.45) is 0 Å². The second kappa shape index (κ2) is 10.6. The summed E-state index contributed by atoms with van der Waals surface area (Å²) in [6.07, 6.45) is -4.43. The predicted molar refractivity (Wildman–Crippen MR) is 151 cm³/mol. The SMILES string of the molecule is COCCN1c2c(cc(C(=O)Nc3ccc(C(F)(F)F)cc3)c3c2CC(C)(C)O3)NC1Nc1c(Cl)cccc1Cl. The Hall–Kier alpha value is -3.34. The van der Waals surface area contributed by atoms with Gasteiger partial charge in [-0.15, -0.1) is 0 Å². The van der Waals surface area contributed by atoms with Gasteiger partial charge in [0.25, 0.3) is 5.91 Å². The number of halogens is 5. The third kappa shape index (κ3) is 5.48. The molecular weight excluding hydrogens is 568 g/mol.